The molecule has 1 nitrogen and oxygen atoms in total. The number of hydrogen-bond acceptors (Lipinski definition) is 1. The van der Waals surface area contributed by atoms with Crippen molar-refractivity contribution in [2.45, 2.75) is 19.3 Å². The normalized spacial score (nSPS) is 13.6. The number of rotatable bonds is 3. The summed E-state index contributed by atoms with van der Waals surface area (Å²) in [5.41, 5.74) is 14.9. The zero-order valence-corrected chi connectivity index (χ0v) is 27.9. The summed E-state index contributed by atoms with van der Waals surface area (Å²) in [6.07, 6.45) is 0. The summed E-state index contributed by atoms with van der Waals surface area (Å²) in [6, 6.07) is 58.3. The Kier molecular flexibility index (Phi) is 5.51. The molecule has 11 rings (SSSR count). The van der Waals surface area contributed by atoms with E-state index in [1.165, 1.54) is 98.7 Å². The predicted molar refractivity (Wildman–Crippen MR) is 211 cm³/mol. The minimum Gasteiger partial charge on any atom is -0.456 e. The highest BCUT2D eigenvalue weighted by molar-refractivity contribution is 6.30. The smallest absolute Gasteiger partial charge is 0.136 e. The minimum atomic E-state index is -0.0618. The van der Waals surface area contributed by atoms with E-state index in [1.807, 2.05) is 0 Å². The molecule has 9 aromatic carbocycles. The van der Waals surface area contributed by atoms with Crippen LogP contribution in [0.2, 0.25) is 0 Å². The van der Waals surface area contributed by atoms with Gasteiger partial charge in [-0.05, 0) is 112 Å². The average Bonchev–Trinajstić information content (AvgIpc) is 3.66. The van der Waals surface area contributed by atoms with Crippen LogP contribution in [0, 0.1) is 0 Å². The first-order chi connectivity index (χ1) is 24.6. The summed E-state index contributed by atoms with van der Waals surface area (Å²) in [5, 5.41) is 9.87. The van der Waals surface area contributed by atoms with Gasteiger partial charge in [0.25, 0.3) is 0 Å². The first-order valence-electron chi connectivity index (χ1n) is 17.5. The Morgan fingerprint density at radius 2 is 0.920 bits per heavy atom. The zero-order chi connectivity index (χ0) is 33.1. The third-order valence-electron chi connectivity index (χ3n) is 11.4. The average molecular weight is 637 g/mol. The van der Waals surface area contributed by atoms with Gasteiger partial charge < -0.3 is 4.42 Å². The molecule has 0 unspecified atom stereocenters. The molecule has 1 aliphatic carbocycles. The fraction of sp³-hybridized carbons (Fsp3) is 0.0612. The maximum absolute atomic E-state index is 6.37. The third kappa shape index (κ3) is 3.62. The lowest BCUT2D eigenvalue weighted by Gasteiger charge is -2.23. The van der Waals surface area contributed by atoms with Gasteiger partial charge in [0.05, 0.1) is 0 Å². The molecule has 0 radical (unpaired) electrons. The topological polar surface area (TPSA) is 13.1 Å². The molecular weight excluding hydrogens is 605 g/mol. The first-order valence-corrected chi connectivity index (χ1v) is 17.5. The minimum absolute atomic E-state index is 0.0618. The van der Waals surface area contributed by atoms with Crippen LogP contribution < -0.4 is 0 Å². The number of benzene rings is 9. The molecule has 1 aromatic heterocycles. The maximum Gasteiger partial charge on any atom is 0.136 e. The van der Waals surface area contributed by atoms with Crippen LogP contribution in [0.1, 0.15) is 25.0 Å². The molecule has 0 saturated carbocycles. The summed E-state index contributed by atoms with van der Waals surface area (Å²) in [4.78, 5) is 0. The molecule has 0 spiro atoms. The quantitative estimate of drug-likeness (QED) is 0.139. The van der Waals surface area contributed by atoms with Crippen LogP contribution in [0.3, 0.4) is 0 Å². The van der Waals surface area contributed by atoms with Crippen LogP contribution in [-0.2, 0) is 5.41 Å². The molecule has 0 saturated heterocycles. The molecule has 1 heteroatoms. The first kappa shape index (κ1) is 27.7. The van der Waals surface area contributed by atoms with Gasteiger partial charge in [0.15, 0.2) is 0 Å². The second-order valence-electron chi connectivity index (χ2n) is 14.4. The van der Waals surface area contributed by atoms with Gasteiger partial charge in [-0.2, -0.15) is 0 Å². The molecule has 50 heavy (non-hydrogen) atoms. The Balaban J connectivity index is 1.21. The highest BCUT2D eigenvalue weighted by Crippen LogP contribution is 2.52. The van der Waals surface area contributed by atoms with E-state index in [9.17, 15) is 0 Å². The summed E-state index contributed by atoms with van der Waals surface area (Å²) >= 11 is 0. The van der Waals surface area contributed by atoms with E-state index in [0.717, 1.165) is 11.2 Å². The SMILES string of the molecule is CC1(C)c2ccccc2-c2ccc(-c3ccccc3-c3c4ccccc4c(-c4cc5cccc6oc7cccc4c7c56)c4ccccc34)cc21. The lowest BCUT2D eigenvalue weighted by Crippen LogP contribution is -2.14. The van der Waals surface area contributed by atoms with Crippen molar-refractivity contribution in [2.75, 3.05) is 0 Å². The molecule has 234 valence electrons. The molecule has 0 fully saturated rings. The zero-order valence-electron chi connectivity index (χ0n) is 27.9. The van der Waals surface area contributed by atoms with E-state index >= 15 is 0 Å². The van der Waals surface area contributed by atoms with Crippen LogP contribution in [-0.4, -0.2) is 0 Å². The van der Waals surface area contributed by atoms with Gasteiger partial charge in [-0.1, -0.05) is 147 Å². The Morgan fingerprint density at radius 1 is 0.380 bits per heavy atom. The van der Waals surface area contributed by atoms with Gasteiger partial charge >= 0.3 is 0 Å². The third-order valence-corrected chi connectivity index (χ3v) is 11.4. The van der Waals surface area contributed by atoms with Gasteiger partial charge in [0.1, 0.15) is 11.2 Å². The van der Waals surface area contributed by atoms with Crippen molar-refractivity contribution < 1.29 is 4.42 Å². The van der Waals surface area contributed by atoms with E-state index < -0.39 is 0 Å². The van der Waals surface area contributed by atoms with E-state index in [4.69, 9.17) is 4.42 Å². The highest BCUT2D eigenvalue weighted by atomic mass is 16.3. The van der Waals surface area contributed by atoms with Crippen LogP contribution in [0.4, 0.5) is 0 Å². The molecule has 0 aliphatic heterocycles. The summed E-state index contributed by atoms with van der Waals surface area (Å²) < 4.78 is 6.37. The summed E-state index contributed by atoms with van der Waals surface area (Å²) in [6.45, 7) is 4.72. The number of furan rings is 1. The van der Waals surface area contributed by atoms with Crippen molar-refractivity contribution in [2.24, 2.45) is 0 Å². The van der Waals surface area contributed by atoms with E-state index in [-0.39, 0.29) is 5.41 Å². The van der Waals surface area contributed by atoms with Crippen molar-refractivity contribution in [3.05, 3.63) is 169 Å². The van der Waals surface area contributed by atoms with Crippen molar-refractivity contribution in [3.8, 4) is 44.5 Å². The standard InChI is InChI=1S/C49H32O/c1-49(2)41-22-10-9-15-32(41)33-26-25-29(28-42(33)49)31-14-3-4-16-34(31)46-35-17-5-7-19-37(35)47(38-20-8-6-18-36(38)46)40-27-30-13-11-23-43-45(30)48-39(40)21-12-24-44(48)50-43/h3-28H,1-2H3. The van der Waals surface area contributed by atoms with E-state index in [1.54, 1.807) is 0 Å². The largest absolute Gasteiger partial charge is 0.456 e. The van der Waals surface area contributed by atoms with Gasteiger partial charge in [-0.25, -0.2) is 0 Å². The second-order valence-corrected chi connectivity index (χ2v) is 14.4. The van der Waals surface area contributed by atoms with Crippen LogP contribution >= 0.6 is 0 Å². The van der Waals surface area contributed by atoms with Gasteiger partial charge in [-0.15, -0.1) is 0 Å². The van der Waals surface area contributed by atoms with Crippen molar-refractivity contribution >= 4 is 54.3 Å². The number of hydrogen-bond donors (Lipinski definition) is 0. The predicted octanol–water partition coefficient (Wildman–Crippen LogP) is 13.8. The molecule has 0 bridgehead atoms. The lowest BCUT2D eigenvalue weighted by atomic mass is 9.80. The molecule has 0 atom stereocenters. The lowest BCUT2D eigenvalue weighted by molar-refractivity contribution is 0.660. The Hall–Kier alpha value is -6.18. The van der Waals surface area contributed by atoms with E-state index in [0.29, 0.717) is 0 Å². The molecule has 1 heterocycles. The Morgan fingerprint density at radius 3 is 1.64 bits per heavy atom. The fourth-order valence-electron chi connectivity index (χ4n) is 9.21. The second kappa shape index (κ2) is 9.94. The maximum atomic E-state index is 6.37. The molecule has 10 aromatic rings. The number of fused-ring (bicyclic) bond motifs is 5. The van der Waals surface area contributed by atoms with Crippen LogP contribution in [0.25, 0.3) is 98.8 Å². The van der Waals surface area contributed by atoms with Crippen LogP contribution in [0.5, 0.6) is 0 Å². The van der Waals surface area contributed by atoms with Crippen molar-refractivity contribution in [1.82, 2.24) is 0 Å². The summed E-state index contributed by atoms with van der Waals surface area (Å²) in [7, 11) is 0. The Labute approximate surface area is 290 Å². The van der Waals surface area contributed by atoms with Crippen molar-refractivity contribution in [3.63, 3.8) is 0 Å². The Bertz CT molecular complexity index is 2950. The van der Waals surface area contributed by atoms with Gasteiger partial charge in [0, 0.05) is 16.2 Å². The molecule has 0 N–H and O–H groups in total. The molecule has 0 amide bonds. The molecular formula is C49H32O. The highest BCUT2D eigenvalue weighted by Gasteiger charge is 2.35. The monoisotopic (exact) mass is 636 g/mol. The van der Waals surface area contributed by atoms with Crippen LogP contribution in [0.15, 0.2) is 162 Å². The van der Waals surface area contributed by atoms with Gasteiger partial charge in [-0.3, -0.25) is 0 Å². The van der Waals surface area contributed by atoms with Gasteiger partial charge in [0.2, 0.25) is 0 Å². The molecule has 1 aliphatic rings. The summed E-state index contributed by atoms with van der Waals surface area (Å²) in [5.74, 6) is 0. The van der Waals surface area contributed by atoms with E-state index in [2.05, 4.69) is 172 Å². The fourth-order valence-corrected chi connectivity index (χ4v) is 9.21. The van der Waals surface area contributed by atoms with Crippen molar-refractivity contribution in [1.29, 1.82) is 0 Å².